The van der Waals surface area contributed by atoms with Gasteiger partial charge in [-0.1, -0.05) is 13.0 Å². The Morgan fingerprint density at radius 3 is 2.87 bits per heavy atom. The highest BCUT2D eigenvalue weighted by molar-refractivity contribution is 4.88. The second kappa shape index (κ2) is 6.29. The molecular weight excluding hydrogens is 184 g/mol. The predicted molar refractivity (Wildman–Crippen MR) is 67.1 cm³/mol. The van der Waals surface area contributed by atoms with Crippen molar-refractivity contribution in [2.45, 2.75) is 58.2 Å². The molecule has 0 aromatic heterocycles. The molecule has 0 aliphatic carbocycles. The molecule has 0 aromatic carbocycles. The summed E-state index contributed by atoms with van der Waals surface area (Å²) >= 11 is 0. The number of likely N-dealkylation sites (tertiary alicyclic amines) is 1. The summed E-state index contributed by atoms with van der Waals surface area (Å²) in [5, 5.41) is 3.42. The molecule has 3 unspecified atom stereocenters. The molecule has 2 heteroatoms. The van der Waals surface area contributed by atoms with E-state index in [9.17, 15) is 0 Å². The zero-order chi connectivity index (χ0) is 11.3. The Hall–Kier alpha value is -0.340. The summed E-state index contributed by atoms with van der Waals surface area (Å²) in [7, 11) is 0. The van der Waals surface area contributed by atoms with E-state index in [2.05, 4.69) is 37.6 Å². The van der Waals surface area contributed by atoms with Gasteiger partial charge in [-0.2, -0.15) is 0 Å². The van der Waals surface area contributed by atoms with Crippen molar-refractivity contribution in [1.82, 2.24) is 10.2 Å². The minimum atomic E-state index is 0.646. The van der Waals surface area contributed by atoms with Crippen LogP contribution in [0.4, 0.5) is 0 Å². The molecule has 1 aliphatic heterocycles. The van der Waals surface area contributed by atoms with Crippen molar-refractivity contribution >= 4 is 0 Å². The van der Waals surface area contributed by atoms with Crippen LogP contribution in [-0.2, 0) is 0 Å². The van der Waals surface area contributed by atoms with Crippen LogP contribution < -0.4 is 5.32 Å². The van der Waals surface area contributed by atoms with Crippen LogP contribution in [0, 0.1) is 0 Å². The van der Waals surface area contributed by atoms with Crippen molar-refractivity contribution in [2.75, 3.05) is 13.1 Å². The average Bonchev–Trinajstić information content (AvgIpc) is 2.59. The van der Waals surface area contributed by atoms with Crippen molar-refractivity contribution in [1.29, 1.82) is 0 Å². The second-order valence-electron chi connectivity index (χ2n) is 4.73. The molecule has 1 rings (SSSR count). The zero-order valence-corrected chi connectivity index (χ0v) is 10.5. The van der Waals surface area contributed by atoms with Gasteiger partial charge in [0.15, 0.2) is 0 Å². The van der Waals surface area contributed by atoms with E-state index in [1.54, 1.807) is 0 Å². The first-order valence-electron chi connectivity index (χ1n) is 6.29. The topological polar surface area (TPSA) is 15.3 Å². The summed E-state index contributed by atoms with van der Waals surface area (Å²) in [5.41, 5.74) is 0. The highest BCUT2D eigenvalue weighted by Crippen LogP contribution is 2.27. The van der Waals surface area contributed by atoms with Crippen molar-refractivity contribution in [3.05, 3.63) is 12.7 Å². The first-order chi connectivity index (χ1) is 7.20. The van der Waals surface area contributed by atoms with Crippen LogP contribution in [0.15, 0.2) is 12.7 Å². The Kier molecular flexibility index (Phi) is 5.34. The Morgan fingerprint density at radius 2 is 2.27 bits per heavy atom. The highest BCUT2D eigenvalue weighted by Gasteiger charge is 2.32. The summed E-state index contributed by atoms with van der Waals surface area (Å²) in [4.78, 5) is 2.69. The van der Waals surface area contributed by atoms with Crippen LogP contribution in [0.1, 0.15) is 40.0 Å². The van der Waals surface area contributed by atoms with Gasteiger partial charge in [0, 0.05) is 31.2 Å². The molecule has 0 bridgehead atoms. The summed E-state index contributed by atoms with van der Waals surface area (Å²) in [6.45, 7) is 12.7. The Bertz CT molecular complexity index is 191. The first-order valence-corrected chi connectivity index (χ1v) is 6.29. The predicted octanol–water partition coefficient (Wildman–Crippen LogP) is 2.41. The van der Waals surface area contributed by atoms with Crippen molar-refractivity contribution in [3.8, 4) is 0 Å². The largest absolute Gasteiger partial charge is 0.312 e. The number of hydrogen-bond acceptors (Lipinski definition) is 2. The molecule has 1 saturated heterocycles. The highest BCUT2D eigenvalue weighted by atomic mass is 15.2. The maximum Gasteiger partial charge on any atom is 0.0198 e. The van der Waals surface area contributed by atoms with E-state index >= 15 is 0 Å². The molecule has 1 heterocycles. The zero-order valence-electron chi connectivity index (χ0n) is 10.5. The molecule has 1 fully saturated rings. The third kappa shape index (κ3) is 3.32. The van der Waals surface area contributed by atoms with Crippen LogP contribution in [0.5, 0.6) is 0 Å². The van der Waals surface area contributed by atoms with Crippen LogP contribution in [-0.4, -0.2) is 36.1 Å². The second-order valence-corrected chi connectivity index (χ2v) is 4.73. The van der Waals surface area contributed by atoms with E-state index in [0.29, 0.717) is 6.04 Å². The lowest BCUT2D eigenvalue weighted by Crippen LogP contribution is -2.46. The number of hydrogen-bond donors (Lipinski definition) is 1. The average molecular weight is 210 g/mol. The maximum atomic E-state index is 3.73. The molecule has 0 radical (unpaired) electrons. The first kappa shape index (κ1) is 12.7. The number of nitrogens with zero attached hydrogens (tertiary/aromatic N) is 1. The Balaban J connectivity index is 2.41. The molecular formula is C13H26N2. The Morgan fingerprint density at radius 1 is 1.53 bits per heavy atom. The molecule has 15 heavy (non-hydrogen) atoms. The minimum absolute atomic E-state index is 0.646. The normalized spacial score (nSPS) is 29.3. The maximum absolute atomic E-state index is 3.73. The molecule has 0 saturated carbocycles. The van der Waals surface area contributed by atoms with Crippen LogP contribution in [0.3, 0.4) is 0 Å². The fourth-order valence-corrected chi connectivity index (χ4v) is 2.80. The van der Waals surface area contributed by atoms with Crippen LogP contribution in [0.2, 0.25) is 0 Å². The fraction of sp³-hybridized carbons (Fsp3) is 0.846. The molecule has 2 nitrogen and oxygen atoms in total. The lowest BCUT2D eigenvalue weighted by atomic mass is 10.1. The van der Waals surface area contributed by atoms with Crippen molar-refractivity contribution in [2.24, 2.45) is 0 Å². The quantitative estimate of drug-likeness (QED) is 0.535. The van der Waals surface area contributed by atoms with E-state index in [0.717, 1.165) is 25.2 Å². The summed E-state index contributed by atoms with van der Waals surface area (Å²) in [5.74, 6) is 0. The van der Waals surface area contributed by atoms with E-state index in [4.69, 9.17) is 0 Å². The van der Waals surface area contributed by atoms with E-state index in [1.165, 1.54) is 19.3 Å². The lowest BCUT2D eigenvalue weighted by Gasteiger charge is -2.34. The molecule has 88 valence electrons. The van der Waals surface area contributed by atoms with Gasteiger partial charge >= 0.3 is 0 Å². The standard InChI is InChI=1S/C13H26N2/c1-5-9-14-10-12(4)15-11(3)7-8-13(15)6-2/h5,11-14H,1,6-10H2,2-4H3. The fourth-order valence-electron chi connectivity index (χ4n) is 2.80. The molecule has 0 aromatic rings. The van der Waals surface area contributed by atoms with Crippen LogP contribution in [0.25, 0.3) is 0 Å². The van der Waals surface area contributed by atoms with E-state index < -0.39 is 0 Å². The molecule has 1 aliphatic rings. The van der Waals surface area contributed by atoms with Crippen molar-refractivity contribution < 1.29 is 0 Å². The summed E-state index contributed by atoms with van der Waals surface area (Å²) in [6, 6.07) is 2.21. The molecule has 0 spiro atoms. The minimum Gasteiger partial charge on any atom is -0.312 e. The lowest BCUT2D eigenvalue weighted by molar-refractivity contribution is 0.142. The van der Waals surface area contributed by atoms with Gasteiger partial charge in [-0.3, -0.25) is 4.90 Å². The smallest absolute Gasteiger partial charge is 0.0198 e. The van der Waals surface area contributed by atoms with E-state index in [-0.39, 0.29) is 0 Å². The van der Waals surface area contributed by atoms with Crippen LogP contribution >= 0.6 is 0 Å². The Labute approximate surface area is 94.7 Å². The van der Waals surface area contributed by atoms with Gasteiger partial charge in [0.25, 0.3) is 0 Å². The SMILES string of the molecule is C=CCNCC(C)N1C(C)CCC1CC. The third-order valence-electron chi connectivity index (χ3n) is 3.56. The third-order valence-corrected chi connectivity index (χ3v) is 3.56. The van der Waals surface area contributed by atoms with Gasteiger partial charge in [-0.25, -0.2) is 0 Å². The van der Waals surface area contributed by atoms with Gasteiger partial charge in [0.2, 0.25) is 0 Å². The van der Waals surface area contributed by atoms with Gasteiger partial charge in [-0.15, -0.1) is 6.58 Å². The summed E-state index contributed by atoms with van der Waals surface area (Å²) in [6.07, 6.45) is 5.96. The van der Waals surface area contributed by atoms with E-state index in [1.807, 2.05) is 6.08 Å². The van der Waals surface area contributed by atoms with Gasteiger partial charge in [0.05, 0.1) is 0 Å². The monoisotopic (exact) mass is 210 g/mol. The number of nitrogens with one attached hydrogen (secondary N) is 1. The van der Waals surface area contributed by atoms with Gasteiger partial charge in [-0.05, 0) is 33.1 Å². The van der Waals surface area contributed by atoms with Gasteiger partial charge in [0.1, 0.15) is 0 Å². The summed E-state index contributed by atoms with van der Waals surface area (Å²) < 4.78 is 0. The molecule has 0 amide bonds. The van der Waals surface area contributed by atoms with Gasteiger partial charge < -0.3 is 5.32 Å². The molecule has 1 N–H and O–H groups in total. The van der Waals surface area contributed by atoms with Crippen molar-refractivity contribution in [3.63, 3.8) is 0 Å². The number of rotatable bonds is 6. The molecule has 3 atom stereocenters.